The first-order chi connectivity index (χ1) is 9.04. The molecule has 0 fully saturated rings. The second-order valence-corrected chi connectivity index (χ2v) is 5.08. The van der Waals surface area contributed by atoms with E-state index in [-0.39, 0.29) is 6.03 Å². The van der Waals surface area contributed by atoms with Gasteiger partial charge >= 0.3 is 12.0 Å². The van der Waals surface area contributed by atoms with Gasteiger partial charge in [0.2, 0.25) is 0 Å². The van der Waals surface area contributed by atoms with Crippen molar-refractivity contribution >= 4 is 12.0 Å². The first kappa shape index (κ1) is 15.5. The maximum Gasteiger partial charge on any atom is 0.329 e. The quantitative estimate of drug-likeness (QED) is 0.647. The highest BCUT2D eigenvalue weighted by Gasteiger charge is 2.36. The van der Waals surface area contributed by atoms with Crippen LogP contribution in [0.4, 0.5) is 4.79 Å². The van der Waals surface area contributed by atoms with Crippen molar-refractivity contribution in [2.24, 2.45) is 5.92 Å². The monoisotopic (exact) mass is 268 g/mol. The van der Waals surface area contributed by atoms with E-state index < -0.39 is 11.5 Å². The largest absolute Gasteiger partial charge is 0.480 e. The summed E-state index contributed by atoms with van der Waals surface area (Å²) in [6.07, 6.45) is 8.13. The molecule has 0 aromatic carbocycles. The number of aliphatic carboxylic acids is 1. The molecule has 0 aliphatic heterocycles. The Morgan fingerprint density at radius 1 is 1.32 bits per heavy atom. The van der Waals surface area contributed by atoms with Crippen LogP contribution in [0.15, 0.2) is 12.2 Å². The summed E-state index contributed by atoms with van der Waals surface area (Å²) in [5.74, 6) is -0.522. The van der Waals surface area contributed by atoms with Gasteiger partial charge in [-0.25, -0.2) is 9.59 Å². The number of carbonyl (C=O) groups is 2. The fourth-order valence-electron chi connectivity index (χ4n) is 2.32. The Hall–Kier alpha value is -1.52. The smallest absolute Gasteiger partial charge is 0.329 e. The minimum absolute atomic E-state index is 0.373. The summed E-state index contributed by atoms with van der Waals surface area (Å²) in [4.78, 5) is 23.1. The van der Waals surface area contributed by atoms with Gasteiger partial charge in [0, 0.05) is 6.54 Å². The third-order valence-electron chi connectivity index (χ3n) is 3.90. The van der Waals surface area contributed by atoms with E-state index in [2.05, 4.69) is 22.8 Å². The number of hydrogen-bond acceptors (Lipinski definition) is 2. The zero-order chi connectivity index (χ0) is 14.3. The van der Waals surface area contributed by atoms with Crippen LogP contribution in [-0.2, 0) is 4.79 Å². The van der Waals surface area contributed by atoms with E-state index in [4.69, 9.17) is 0 Å². The predicted molar refractivity (Wildman–Crippen MR) is 74.0 cm³/mol. The lowest BCUT2D eigenvalue weighted by Gasteiger charge is -2.28. The molecule has 1 atom stereocenters. The Morgan fingerprint density at radius 3 is 2.47 bits per heavy atom. The second-order valence-electron chi connectivity index (χ2n) is 5.08. The van der Waals surface area contributed by atoms with Crippen LogP contribution in [0.1, 0.15) is 46.0 Å². The molecule has 0 radical (unpaired) electrons. The molecule has 0 heterocycles. The van der Waals surface area contributed by atoms with E-state index in [1.807, 2.05) is 0 Å². The molecule has 2 amide bonds. The van der Waals surface area contributed by atoms with Gasteiger partial charge in [-0.15, -0.1) is 0 Å². The van der Waals surface area contributed by atoms with Crippen molar-refractivity contribution in [2.45, 2.75) is 51.5 Å². The van der Waals surface area contributed by atoms with Crippen LogP contribution in [0.5, 0.6) is 0 Å². The summed E-state index contributed by atoms with van der Waals surface area (Å²) in [5.41, 5.74) is -1.16. The van der Waals surface area contributed by atoms with Crippen LogP contribution in [0.3, 0.4) is 0 Å². The van der Waals surface area contributed by atoms with Crippen molar-refractivity contribution in [3.05, 3.63) is 12.2 Å². The molecule has 0 saturated heterocycles. The third-order valence-corrected chi connectivity index (χ3v) is 3.90. The highest BCUT2D eigenvalue weighted by Crippen LogP contribution is 2.17. The molecule has 5 nitrogen and oxygen atoms in total. The highest BCUT2D eigenvalue weighted by molar-refractivity contribution is 5.86. The van der Waals surface area contributed by atoms with Crippen molar-refractivity contribution in [2.75, 3.05) is 6.54 Å². The lowest BCUT2D eigenvalue weighted by atomic mass is 9.93. The van der Waals surface area contributed by atoms with Gasteiger partial charge in [0.05, 0.1) is 0 Å². The summed E-state index contributed by atoms with van der Waals surface area (Å²) in [5, 5.41) is 14.6. The normalized spacial score (nSPS) is 18.9. The maximum absolute atomic E-state index is 11.8. The Bertz CT molecular complexity index is 349. The molecule has 0 bridgehead atoms. The Balaban J connectivity index is 2.44. The Morgan fingerprint density at radius 2 is 2.00 bits per heavy atom. The molecule has 1 aliphatic rings. The van der Waals surface area contributed by atoms with Crippen LogP contribution in [-0.4, -0.2) is 29.2 Å². The second kappa shape index (κ2) is 7.16. The topological polar surface area (TPSA) is 78.4 Å². The number of urea groups is 1. The van der Waals surface area contributed by atoms with E-state index in [0.717, 1.165) is 19.3 Å². The van der Waals surface area contributed by atoms with Crippen LogP contribution >= 0.6 is 0 Å². The van der Waals surface area contributed by atoms with Crippen LogP contribution in [0.2, 0.25) is 0 Å². The van der Waals surface area contributed by atoms with Gasteiger partial charge in [0.25, 0.3) is 0 Å². The average molecular weight is 268 g/mol. The average Bonchev–Trinajstić information content (AvgIpc) is 2.43. The molecule has 0 spiro atoms. The lowest BCUT2D eigenvalue weighted by molar-refractivity contribution is -0.144. The first-order valence-electron chi connectivity index (χ1n) is 6.98. The summed E-state index contributed by atoms with van der Waals surface area (Å²) in [6.45, 7) is 4.13. The van der Waals surface area contributed by atoms with Gasteiger partial charge in [-0.05, 0) is 38.0 Å². The van der Waals surface area contributed by atoms with Crippen LogP contribution in [0.25, 0.3) is 0 Å². The highest BCUT2D eigenvalue weighted by atomic mass is 16.4. The molecule has 1 aliphatic carbocycles. The molecule has 0 aromatic rings. The van der Waals surface area contributed by atoms with Crippen molar-refractivity contribution < 1.29 is 14.7 Å². The maximum atomic E-state index is 11.8. The van der Waals surface area contributed by atoms with E-state index in [0.29, 0.717) is 25.3 Å². The van der Waals surface area contributed by atoms with Crippen molar-refractivity contribution in [3.63, 3.8) is 0 Å². The molecule has 3 N–H and O–H groups in total. The number of hydrogen-bond donors (Lipinski definition) is 3. The third kappa shape index (κ3) is 4.26. The summed E-state index contributed by atoms with van der Waals surface area (Å²) < 4.78 is 0. The molecule has 1 unspecified atom stereocenters. The first-order valence-corrected chi connectivity index (χ1v) is 6.98. The standard InChI is InChI=1S/C14H24N2O3/c1-3-14(4-2,12(17)18)16-13(19)15-10-11-8-6-5-7-9-11/h5-6,11H,3-4,7-10H2,1-2H3,(H,17,18)(H2,15,16,19). The van der Waals surface area contributed by atoms with Gasteiger partial charge in [-0.1, -0.05) is 26.0 Å². The number of carboxylic acids is 1. The van der Waals surface area contributed by atoms with E-state index >= 15 is 0 Å². The molecule has 1 rings (SSSR count). The molecule has 108 valence electrons. The molecule has 19 heavy (non-hydrogen) atoms. The van der Waals surface area contributed by atoms with Crippen LogP contribution < -0.4 is 10.6 Å². The molecule has 0 saturated carbocycles. The Kier molecular flexibility index (Phi) is 5.86. The van der Waals surface area contributed by atoms with Crippen molar-refractivity contribution in [1.82, 2.24) is 10.6 Å². The summed E-state index contributed by atoms with van der Waals surface area (Å²) >= 11 is 0. The van der Waals surface area contributed by atoms with Crippen LogP contribution in [0, 0.1) is 5.92 Å². The fraction of sp³-hybridized carbons (Fsp3) is 0.714. The van der Waals surface area contributed by atoms with E-state index in [1.54, 1.807) is 13.8 Å². The van der Waals surface area contributed by atoms with Gasteiger partial charge in [0.1, 0.15) is 5.54 Å². The van der Waals surface area contributed by atoms with Gasteiger partial charge < -0.3 is 15.7 Å². The number of carboxylic acid groups (broad SMARTS) is 1. The number of carbonyl (C=O) groups excluding carboxylic acids is 1. The predicted octanol–water partition coefficient (Wildman–Crippen LogP) is 2.29. The summed E-state index contributed by atoms with van der Waals surface area (Å²) in [6, 6.07) is -0.388. The fourth-order valence-corrected chi connectivity index (χ4v) is 2.32. The van der Waals surface area contributed by atoms with Crippen molar-refractivity contribution in [1.29, 1.82) is 0 Å². The molecular formula is C14H24N2O3. The van der Waals surface area contributed by atoms with Gasteiger partial charge in [0.15, 0.2) is 0 Å². The number of amides is 2. The van der Waals surface area contributed by atoms with Crippen molar-refractivity contribution in [3.8, 4) is 0 Å². The van der Waals surface area contributed by atoms with Gasteiger partial charge in [-0.3, -0.25) is 0 Å². The molecular weight excluding hydrogens is 244 g/mol. The molecule has 0 aromatic heterocycles. The number of rotatable bonds is 6. The minimum atomic E-state index is -1.16. The zero-order valence-electron chi connectivity index (χ0n) is 11.7. The summed E-state index contributed by atoms with van der Waals surface area (Å²) in [7, 11) is 0. The Labute approximate surface area is 114 Å². The van der Waals surface area contributed by atoms with E-state index in [9.17, 15) is 14.7 Å². The van der Waals surface area contributed by atoms with E-state index in [1.165, 1.54) is 0 Å². The molecule has 5 heteroatoms. The van der Waals surface area contributed by atoms with Gasteiger partial charge in [-0.2, -0.15) is 0 Å². The zero-order valence-corrected chi connectivity index (χ0v) is 11.7. The number of allylic oxidation sites excluding steroid dienone is 2. The number of nitrogens with one attached hydrogen (secondary N) is 2. The minimum Gasteiger partial charge on any atom is -0.480 e. The lowest BCUT2D eigenvalue weighted by Crippen LogP contribution is -2.56. The SMILES string of the molecule is CCC(CC)(NC(=O)NCC1CC=CCC1)C(=O)O.